The van der Waals surface area contributed by atoms with Crippen LogP contribution in [0.2, 0.25) is 0 Å². The van der Waals surface area contributed by atoms with E-state index in [0.29, 0.717) is 19.3 Å². The number of carbonyl (C=O) groups excluding carboxylic acids is 3. The van der Waals surface area contributed by atoms with E-state index in [2.05, 4.69) is 130 Å². The first-order chi connectivity index (χ1) is 33.0. The molecule has 0 aliphatic rings. The van der Waals surface area contributed by atoms with Gasteiger partial charge in [0, 0.05) is 19.3 Å². The summed E-state index contributed by atoms with van der Waals surface area (Å²) in [6.07, 6.45) is 73.6. The van der Waals surface area contributed by atoms with Gasteiger partial charge in [0.05, 0.1) is 0 Å². The lowest BCUT2D eigenvalue weighted by Crippen LogP contribution is -2.30. The Morgan fingerprint density at radius 1 is 0.313 bits per heavy atom. The Kier molecular flexibility index (Phi) is 51.5. The standard InChI is InChI=1S/C61H100O6/c1-4-7-10-13-16-19-22-25-28-29-30-31-34-37-40-43-46-49-52-55-61(64)67-58(56-65-59(62)53-50-47-44-41-38-35-32-26-23-20-17-14-11-8-5-2)57-66-60(63)54-51-48-45-42-39-36-33-27-24-21-18-15-12-9-6-3/h7,10,16-17,19-20,25-28,30-33,37-38,40-41,58H,4-6,8-9,11-15,18,21-24,29,34-36,39,42-57H2,1-3H3/b10-7-,19-16-,20-17-,28-25-,31-30-,32-26-,33-27-,40-37-,41-38-/t58-/m1/s1. The van der Waals surface area contributed by atoms with Gasteiger partial charge in [0.25, 0.3) is 0 Å². The van der Waals surface area contributed by atoms with Crippen LogP contribution in [-0.2, 0) is 28.6 Å². The maximum Gasteiger partial charge on any atom is 0.306 e. The molecule has 0 fully saturated rings. The number of hydrogen-bond donors (Lipinski definition) is 0. The molecular formula is C61H100O6. The summed E-state index contributed by atoms with van der Waals surface area (Å²) in [5.41, 5.74) is 0. The molecule has 1 atom stereocenters. The third-order valence-electron chi connectivity index (χ3n) is 11.2. The van der Waals surface area contributed by atoms with E-state index in [1.807, 2.05) is 0 Å². The highest BCUT2D eigenvalue weighted by molar-refractivity contribution is 5.71. The largest absolute Gasteiger partial charge is 0.462 e. The maximum absolute atomic E-state index is 12.8. The van der Waals surface area contributed by atoms with E-state index in [-0.39, 0.29) is 37.5 Å². The molecule has 0 aromatic carbocycles. The van der Waals surface area contributed by atoms with E-state index in [0.717, 1.165) is 116 Å². The lowest BCUT2D eigenvalue weighted by Gasteiger charge is -2.18. The number of unbranched alkanes of at least 4 members (excludes halogenated alkanes) is 19. The Hall–Kier alpha value is -3.93. The van der Waals surface area contributed by atoms with Crippen LogP contribution in [0.3, 0.4) is 0 Å². The van der Waals surface area contributed by atoms with Crippen molar-refractivity contribution in [1.29, 1.82) is 0 Å². The fourth-order valence-electron chi connectivity index (χ4n) is 7.12. The molecule has 6 nitrogen and oxygen atoms in total. The van der Waals surface area contributed by atoms with Crippen LogP contribution in [0.5, 0.6) is 0 Å². The Morgan fingerprint density at radius 3 is 1.00 bits per heavy atom. The second kappa shape index (κ2) is 54.7. The van der Waals surface area contributed by atoms with Crippen molar-refractivity contribution in [2.75, 3.05) is 13.2 Å². The highest BCUT2D eigenvalue weighted by Gasteiger charge is 2.19. The highest BCUT2D eigenvalue weighted by Crippen LogP contribution is 2.13. The third-order valence-corrected chi connectivity index (χ3v) is 11.2. The molecule has 67 heavy (non-hydrogen) atoms. The molecule has 0 bridgehead atoms. The topological polar surface area (TPSA) is 78.9 Å². The van der Waals surface area contributed by atoms with Crippen LogP contribution in [0.4, 0.5) is 0 Å². The lowest BCUT2D eigenvalue weighted by molar-refractivity contribution is -0.167. The van der Waals surface area contributed by atoms with E-state index in [4.69, 9.17) is 14.2 Å². The number of ether oxygens (including phenoxy) is 3. The molecule has 0 spiro atoms. The average molecular weight is 929 g/mol. The Morgan fingerprint density at radius 2 is 0.582 bits per heavy atom. The molecule has 0 radical (unpaired) electrons. The first-order valence-corrected chi connectivity index (χ1v) is 27.4. The Labute approximate surface area is 412 Å². The van der Waals surface area contributed by atoms with Gasteiger partial charge in [0.2, 0.25) is 0 Å². The summed E-state index contributed by atoms with van der Waals surface area (Å²) < 4.78 is 16.8. The molecule has 0 N–H and O–H groups in total. The van der Waals surface area contributed by atoms with Gasteiger partial charge < -0.3 is 14.2 Å². The minimum absolute atomic E-state index is 0.110. The van der Waals surface area contributed by atoms with Crippen molar-refractivity contribution >= 4 is 17.9 Å². The molecule has 380 valence electrons. The van der Waals surface area contributed by atoms with Gasteiger partial charge >= 0.3 is 17.9 Å². The van der Waals surface area contributed by atoms with Crippen LogP contribution in [0.15, 0.2) is 109 Å². The van der Waals surface area contributed by atoms with Crippen molar-refractivity contribution in [3.63, 3.8) is 0 Å². The van der Waals surface area contributed by atoms with Gasteiger partial charge in [0.1, 0.15) is 13.2 Å². The molecular weight excluding hydrogens is 829 g/mol. The quantitative estimate of drug-likeness (QED) is 0.0262. The molecule has 6 heteroatoms. The van der Waals surface area contributed by atoms with Gasteiger partial charge in [-0.1, -0.05) is 201 Å². The van der Waals surface area contributed by atoms with Crippen LogP contribution in [0, 0.1) is 0 Å². The monoisotopic (exact) mass is 929 g/mol. The molecule has 0 saturated carbocycles. The summed E-state index contributed by atoms with van der Waals surface area (Å²) in [4.78, 5) is 38.1. The first-order valence-electron chi connectivity index (χ1n) is 27.4. The zero-order chi connectivity index (χ0) is 48.6. The molecule has 0 aromatic heterocycles. The number of esters is 3. The Bertz CT molecular complexity index is 1390. The summed E-state index contributed by atoms with van der Waals surface area (Å²) >= 11 is 0. The Balaban J connectivity index is 4.54. The van der Waals surface area contributed by atoms with E-state index in [1.54, 1.807) is 0 Å². The summed E-state index contributed by atoms with van der Waals surface area (Å²) in [6, 6.07) is 0. The number of rotatable bonds is 48. The van der Waals surface area contributed by atoms with E-state index < -0.39 is 6.10 Å². The normalized spacial score (nSPS) is 12.9. The molecule has 0 amide bonds. The second-order valence-electron chi connectivity index (χ2n) is 17.7. The van der Waals surface area contributed by atoms with Gasteiger partial charge in [-0.15, -0.1) is 0 Å². The molecule has 0 heterocycles. The third kappa shape index (κ3) is 52.9. The summed E-state index contributed by atoms with van der Waals surface area (Å²) in [6.45, 7) is 6.42. The fraction of sp³-hybridized carbons (Fsp3) is 0.656. The molecule has 0 rings (SSSR count). The first kappa shape index (κ1) is 63.1. The van der Waals surface area contributed by atoms with Crippen LogP contribution < -0.4 is 0 Å². The van der Waals surface area contributed by atoms with Gasteiger partial charge in [-0.3, -0.25) is 14.4 Å². The predicted octanol–water partition coefficient (Wildman–Crippen LogP) is 18.3. The van der Waals surface area contributed by atoms with Crippen LogP contribution in [-0.4, -0.2) is 37.2 Å². The van der Waals surface area contributed by atoms with E-state index >= 15 is 0 Å². The molecule has 0 unspecified atom stereocenters. The fourth-order valence-corrected chi connectivity index (χ4v) is 7.12. The molecule has 0 aromatic rings. The van der Waals surface area contributed by atoms with Crippen molar-refractivity contribution in [3.8, 4) is 0 Å². The van der Waals surface area contributed by atoms with Crippen LogP contribution >= 0.6 is 0 Å². The molecule has 0 aliphatic carbocycles. The van der Waals surface area contributed by atoms with Crippen LogP contribution in [0.25, 0.3) is 0 Å². The predicted molar refractivity (Wildman–Crippen MR) is 288 cm³/mol. The van der Waals surface area contributed by atoms with Crippen molar-refractivity contribution < 1.29 is 28.6 Å². The maximum atomic E-state index is 12.8. The second-order valence-corrected chi connectivity index (χ2v) is 17.7. The summed E-state index contributed by atoms with van der Waals surface area (Å²) in [5, 5.41) is 0. The van der Waals surface area contributed by atoms with Crippen LogP contribution in [0.1, 0.15) is 239 Å². The zero-order valence-corrected chi connectivity index (χ0v) is 43.4. The van der Waals surface area contributed by atoms with E-state index in [1.165, 1.54) is 77.0 Å². The molecule has 0 aliphatic heterocycles. The number of carbonyl (C=O) groups is 3. The van der Waals surface area contributed by atoms with Crippen molar-refractivity contribution in [2.24, 2.45) is 0 Å². The SMILES string of the molecule is CC/C=C\C/C=C\C/C=C\C/C=C\C/C=C\CCCCCC(=O)O[C@H](COC(=O)CCCC/C=C\C/C=C\C/C=C\CCCCC)COC(=O)CCCCCCC/C=C\CCCCCCCC. The highest BCUT2D eigenvalue weighted by atomic mass is 16.6. The zero-order valence-electron chi connectivity index (χ0n) is 43.4. The number of hydrogen-bond acceptors (Lipinski definition) is 6. The van der Waals surface area contributed by atoms with Gasteiger partial charge in [-0.2, -0.15) is 0 Å². The summed E-state index contributed by atoms with van der Waals surface area (Å²) in [7, 11) is 0. The van der Waals surface area contributed by atoms with Crippen molar-refractivity contribution in [2.45, 2.75) is 245 Å². The van der Waals surface area contributed by atoms with Gasteiger partial charge in [0.15, 0.2) is 6.10 Å². The number of allylic oxidation sites excluding steroid dienone is 18. The minimum atomic E-state index is -0.816. The van der Waals surface area contributed by atoms with Crippen molar-refractivity contribution in [3.05, 3.63) is 109 Å². The van der Waals surface area contributed by atoms with Crippen molar-refractivity contribution in [1.82, 2.24) is 0 Å². The van der Waals surface area contributed by atoms with Gasteiger partial charge in [-0.25, -0.2) is 0 Å². The minimum Gasteiger partial charge on any atom is -0.462 e. The average Bonchev–Trinajstić information content (AvgIpc) is 3.33. The smallest absolute Gasteiger partial charge is 0.306 e. The lowest BCUT2D eigenvalue weighted by atomic mass is 10.1. The summed E-state index contributed by atoms with van der Waals surface area (Å²) in [5.74, 6) is -0.992. The van der Waals surface area contributed by atoms with Gasteiger partial charge in [-0.05, 0) is 128 Å². The van der Waals surface area contributed by atoms with E-state index in [9.17, 15) is 14.4 Å². The molecule has 0 saturated heterocycles.